The van der Waals surface area contributed by atoms with E-state index in [4.69, 9.17) is 23.7 Å². The van der Waals surface area contributed by atoms with Crippen LogP contribution in [0.15, 0.2) is 24.0 Å². The van der Waals surface area contributed by atoms with E-state index in [1.807, 2.05) is 12.2 Å². The number of esters is 1. The van der Waals surface area contributed by atoms with Gasteiger partial charge in [0.05, 0.1) is 26.4 Å². The van der Waals surface area contributed by atoms with Crippen LogP contribution in [-0.2, 0) is 28.5 Å². The number of carbonyl (C=O) groups is 1. The standard InChI is InChI=1S/C34H58O7/c1-5-6-22-33(2,3)23-21-29(41-31-20-12-15-26-40-31)34(32(36)37-4,27-16-9-10-17-27)28(35)18-8-7-13-24-38-30-19-11-14-25-39-30/h7-8,21,27-28,30-31,35H,5-6,9-20,22-26H2,1-4H3/b8-7-,29-21+/t28-,30?,31?,34+/m1/s1. The zero-order valence-corrected chi connectivity index (χ0v) is 26.4. The Kier molecular flexibility index (Phi) is 14.7. The molecule has 236 valence electrons. The van der Waals surface area contributed by atoms with Gasteiger partial charge >= 0.3 is 5.97 Å². The highest BCUT2D eigenvalue weighted by molar-refractivity contribution is 5.81. The topological polar surface area (TPSA) is 83.5 Å². The maximum absolute atomic E-state index is 14.0. The number of aliphatic hydroxyl groups excluding tert-OH is 1. The van der Waals surface area contributed by atoms with Crippen LogP contribution in [0.5, 0.6) is 0 Å². The normalized spacial score (nSPS) is 25.2. The molecular formula is C34H58O7. The Morgan fingerprint density at radius 1 is 0.976 bits per heavy atom. The van der Waals surface area contributed by atoms with Gasteiger partial charge in [0.2, 0.25) is 0 Å². The van der Waals surface area contributed by atoms with Crippen LogP contribution in [0.25, 0.3) is 0 Å². The van der Waals surface area contributed by atoms with Gasteiger partial charge in [-0.05, 0) is 88.0 Å². The van der Waals surface area contributed by atoms with Crippen LogP contribution in [0.1, 0.15) is 124 Å². The van der Waals surface area contributed by atoms with Crippen molar-refractivity contribution in [1.29, 1.82) is 0 Å². The molecule has 2 aliphatic heterocycles. The molecule has 1 aliphatic carbocycles. The highest BCUT2D eigenvalue weighted by Gasteiger charge is 2.57. The summed E-state index contributed by atoms with van der Waals surface area (Å²) in [6, 6.07) is 0. The first-order valence-corrected chi connectivity index (χ1v) is 16.5. The van der Waals surface area contributed by atoms with Crippen molar-refractivity contribution in [2.75, 3.05) is 26.9 Å². The maximum Gasteiger partial charge on any atom is 0.322 e. The molecule has 0 spiro atoms. The van der Waals surface area contributed by atoms with Crippen molar-refractivity contribution in [2.45, 2.75) is 142 Å². The zero-order valence-electron chi connectivity index (χ0n) is 26.4. The third-order valence-electron chi connectivity index (χ3n) is 9.15. The molecule has 0 amide bonds. The largest absolute Gasteiger partial charge is 0.468 e. The number of aliphatic hydroxyl groups is 1. The van der Waals surface area contributed by atoms with Crippen molar-refractivity contribution in [1.82, 2.24) is 0 Å². The van der Waals surface area contributed by atoms with Gasteiger partial charge in [0, 0.05) is 13.0 Å². The second-order valence-corrected chi connectivity index (χ2v) is 13.0. The fourth-order valence-corrected chi connectivity index (χ4v) is 6.62. The van der Waals surface area contributed by atoms with Gasteiger partial charge in [0.15, 0.2) is 18.0 Å². The van der Waals surface area contributed by atoms with E-state index in [2.05, 4.69) is 26.8 Å². The third kappa shape index (κ3) is 10.1. The lowest BCUT2D eigenvalue weighted by atomic mass is 9.66. The van der Waals surface area contributed by atoms with Gasteiger partial charge in [0.1, 0.15) is 5.76 Å². The first kappa shape index (κ1) is 34.1. The molecule has 0 aromatic rings. The Bertz CT molecular complexity index is 804. The number of rotatable bonds is 17. The summed E-state index contributed by atoms with van der Waals surface area (Å²) in [4.78, 5) is 14.0. The van der Waals surface area contributed by atoms with Crippen molar-refractivity contribution in [2.24, 2.45) is 16.7 Å². The first-order chi connectivity index (χ1) is 19.8. The smallest absolute Gasteiger partial charge is 0.322 e. The molecule has 0 bridgehead atoms. The van der Waals surface area contributed by atoms with Gasteiger partial charge in [-0.15, -0.1) is 0 Å². The molecular weight excluding hydrogens is 520 g/mol. The molecule has 0 radical (unpaired) electrons. The van der Waals surface area contributed by atoms with Crippen LogP contribution in [0.2, 0.25) is 0 Å². The van der Waals surface area contributed by atoms with Crippen molar-refractivity contribution < 1.29 is 33.6 Å². The van der Waals surface area contributed by atoms with Gasteiger partial charge in [-0.1, -0.05) is 58.6 Å². The highest BCUT2D eigenvalue weighted by atomic mass is 16.7. The van der Waals surface area contributed by atoms with E-state index < -0.39 is 23.8 Å². The van der Waals surface area contributed by atoms with Gasteiger partial charge in [-0.2, -0.15) is 0 Å². The Labute approximate surface area is 249 Å². The minimum absolute atomic E-state index is 0.0441. The number of hydrogen-bond donors (Lipinski definition) is 1. The summed E-state index contributed by atoms with van der Waals surface area (Å²) in [5, 5.41) is 12.0. The number of ether oxygens (including phenoxy) is 5. The van der Waals surface area contributed by atoms with Crippen molar-refractivity contribution in [3.63, 3.8) is 0 Å². The summed E-state index contributed by atoms with van der Waals surface area (Å²) in [5.74, 6) is 0.0848. The first-order valence-electron chi connectivity index (χ1n) is 16.5. The lowest BCUT2D eigenvalue weighted by Crippen LogP contribution is -2.51. The quantitative estimate of drug-likeness (QED) is 0.0823. The van der Waals surface area contributed by atoms with Crippen LogP contribution in [-0.4, -0.2) is 56.7 Å². The molecule has 41 heavy (non-hydrogen) atoms. The SMILES string of the molecule is CCCCC(C)(C)C/C=C(/OC1CCCCO1)[C@](C(=O)OC)(C1CCCC1)[C@H](O)C/C=C\CCOC1CCCCO1. The Hall–Kier alpha value is -1.41. The second-order valence-electron chi connectivity index (χ2n) is 13.0. The van der Waals surface area contributed by atoms with Crippen LogP contribution in [0, 0.1) is 16.7 Å². The van der Waals surface area contributed by atoms with E-state index in [-0.39, 0.29) is 17.6 Å². The molecule has 4 atom stereocenters. The van der Waals surface area contributed by atoms with Crippen LogP contribution >= 0.6 is 0 Å². The molecule has 3 fully saturated rings. The molecule has 3 rings (SSSR count). The summed E-state index contributed by atoms with van der Waals surface area (Å²) in [6.07, 6.45) is 19.6. The highest BCUT2D eigenvalue weighted by Crippen LogP contribution is 2.51. The summed E-state index contributed by atoms with van der Waals surface area (Å²) in [5.41, 5.74) is -1.23. The number of hydrogen-bond acceptors (Lipinski definition) is 7. The zero-order chi connectivity index (χ0) is 29.6. The molecule has 0 aromatic heterocycles. The van der Waals surface area contributed by atoms with Gasteiger partial charge < -0.3 is 28.8 Å². The van der Waals surface area contributed by atoms with Crippen molar-refractivity contribution >= 4 is 5.97 Å². The van der Waals surface area contributed by atoms with Crippen molar-refractivity contribution in [3.8, 4) is 0 Å². The number of carbonyl (C=O) groups excluding carboxylic acids is 1. The van der Waals surface area contributed by atoms with Crippen molar-refractivity contribution in [3.05, 3.63) is 24.0 Å². The van der Waals surface area contributed by atoms with Gasteiger partial charge in [-0.25, -0.2) is 0 Å². The molecule has 0 aromatic carbocycles. The molecule has 3 aliphatic rings. The fourth-order valence-electron chi connectivity index (χ4n) is 6.62. The number of allylic oxidation sites excluding steroid dienone is 1. The molecule has 2 unspecified atom stereocenters. The van der Waals surface area contributed by atoms with E-state index in [0.29, 0.717) is 25.4 Å². The summed E-state index contributed by atoms with van der Waals surface area (Å²) >= 11 is 0. The summed E-state index contributed by atoms with van der Waals surface area (Å²) < 4.78 is 29.7. The monoisotopic (exact) mass is 578 g/mol. The minimum Gasteiger partial charge on any atom is -0.468 e. The average molecular weight is 579 g/mol. The molecule has 7 nitrogen and oxygen atoms in total. The van der Waals surface area contributed by atoms with E-state index in [1.54, 1.807) is 0 Å². The number of methoxy groups -OCH3 is 1. The third-order valence-corrected chi connectivity index (χ3v) is 9.15. The van der Waals surface area contributed by atoms with Crippen LogP contribution in [0.3, 0.4) is 0 Å². The molecule has 1 N–H and O–H groups in total. The average Bonchev–Trinajstić information content (AvgIpc) is 3.53. The Morgan fingerprint density at radius 3 is 2.24 bits per heavy atom. The van der Waals surface area contributed by atoms with E-state index in [9.17, 15) is 9.90 Å². The minimum atomic E-state index is -1.27. The van der Waals surface area contributed by atoms with Crippen LogP contribution in [0.4, 0.5) is 0 Å². The lowest BCUT2D eigenvalue weighted by molar-refractivity contribution is -0.184. The Morgan fingerprint density at radius 2 is 1.63 bits per heavy atom. The fraction of sp³-hybridized carbons (Fsp3) is 0.853. The molecule has 7 heteroatoms. The molecule has 2 heterocycles. The predicted molar refractivity (Wildman–Crippen MR) is 161 cm³/mol. The van der Waals surface area contributed by atoms with Gasteiger partial charge in [0.25, 0.3) is 0 Å². The lowest BCUT2D eigenvalue weighted by Gasteiger charge is -2.43. The predicted octanol–water partition coefficient (Wildman–Crippen LogP) is 7.61. The number of unbranched alkanes of at least 4 members (excludes halogenated alkanes) is 1. The van der Waals surface area contributed by atoms with E-state index in [1.165, 1.54) is 7.11 Å². The van der Waals surface area contributed by atoms with E-state index >= 15 is 0 Å². The van der Waals surface area contributed by atoms with Crippen LogP contribution < -0.4 is 0 Å². The van der Waals surface area contributed by atoms with E-state index in [0.717, 1.165) is 103 Å². The summed E-state index contributed by atoms with van der Waals surface area (Å²) in [6.45, 7) is 8.73. The molecule has 2 saturated heterocycles. The maximum atomic E-state index is 14.0. The van der Waals surface area contributed by atoms with Gasteiger partial charge in [-0.3, -0.25) is 4.79 Å². The second kappa shape index (κ2) is 17.6. The summed E-state index contributed by atoms with van der Waals surface area (Å²) in [7, 11) is 1.43. The Balaban J connectivity index is 1.85. The molecule has 1 saturated carbocycles.